The quantitative estimate of drug-likeness (QED) is 0.518. The van der Waals surface area contributed by atoms with E-state index in [9.17, 15) is 5.21 Å². The summed E-state index contributed by atoms with van der Waals surface area (Å²) in [5, 5.41) is 12.7. The molecule has 2 aromatic carbocycles. The normalized spacial score (nSPS) is 25.1. The van der Waals surface area contributed by atoms with Gasteiger partial charge in [-0.15, -0.1) is 0 Å². The Kier molecular flexibility index (Phi) is 4.23. The Morgan fingerprint density at radius 1 is 1.00 bits per heavy atom. The zero-order valence-electron chi connectivity index (χ0n) is 12.6. The monoisotopic (exact) mass is 361 g/mol. The number of ether oxygens (including phenoxy) is 1. The van der Waals surface area contributed by atoms with Crippen LogP contribution in [-0.2, 0) is 4.74 Å². The predicted octanol–water partition coefficient (Wildman–Crippen LogP) is 3.39. The Hall–Kier alpha value is -1.77. The van der Waals surface area contributed by atoms with Crippen LogP contribution in [0.5, 0.6) is 0 Å². The van der Waals surface area contributed by atoms with Crippen molar-refractivity contribution in [2.75, 3.05) is 0 Å². The average Bonchev–Trinajstić information content (AvgIpc) is 2.80. The van der Waals surface area contributed by atoms with Crippen LogP contribution in [0.25, 0.3) is 0 Å². The number of hydrogen-bond acceptors (Lipinski definition) is 3. The van der Waals surface area contributed by atoms with Crippen LogP contribution in [-0.4, -0.2) is 26.1 Å². The fraction of sp³-hybridized carbons (Fsp3) is 0.278. The van der Waals surface area contributed by atoms with Crippen molar-refractivity contribution in [3.8, 4) is 0 Å². The first kappa shape index (κ1) is 15.1. The molecular formula is C18H19NO2Se. The van der Waals surface area contributed by atoms with Gasteiger partial charge in [-0.25, -0.2) is 0 Å². The number of nitrogens with zero attached hydrogens (tertiary/aromatic N) is 1. The third-order valence-electron chi connectivity index (χ3n) is 4.00. The van der Waals surface area contributed by atoms with Gasteiger partial charge in [-0.1, -0.05) is 0 Å². The summed E-state index contributed by atoms with van der Waals surface area (Å²) in [4.78, 5) is 0.274. The van der Waals surface area contributed by atoms with Crippen LogP contribution in [0.2, 0.25) is 4.82 Å². The zero-order valence-corrected chi connectivity index (χ0v) is 14.4. The number of hydrogen-bond donors (Lipinski definition) is 1. The summed E-state index contributed by atoms with van der Waals surface area (Å²) in [5.74, 6) is 0.434. The summed E-state index contributed by atoms with van der Waals surface area (Å²) < 4.78 is 7.34. The predicted molar refractivity (Wildman–Crippen MR) is 88.9 cm³/mol. The van der Waals surface area contributed by atoms with Gasteiger partial charge in [-0.05, 0) is 0 Å². The van der Waals surface area contributed by atoms with E-state index in [4.69, 9.17) is 4.74 Å². The van der Waals surface area contributed by atoms with Crippen molar-refractivity contribution >= 4 is 25.3 Å². The SMILES string of the molecule is CC1(C)/C(=N/O)OC(c2ccccc2)C1[Se]c1ccccc1. The summed E-state index contributed by atoms with van der Waals surface area (Å²) in [5.41, 5.74) is 0.850. The molecule has 1 fully saturated rings. The minimum absolute atomic E-state index is 0.0673. The maximum absolute atomic E-state index is 9.32. The third kappa shape index (κ3) is 2.77. The molecule has 1 N–H and O–H groups in total. The Labute approximate surface area is 137 Å². The van der Waals surface area contributed by atoms with Crippen molar-refractivity contribution < 1.29 is 9.94 Å². The molecule has 22 heavy (non-hydrogen) atoms. The molecule has 4 heteroatoms. The Balaban J connectivity index is 1.97. The number of oxime groups is 1. The van der Waals surface area contributed by atoms with E-state index in [2.05, 4.69) is 55.4 Å². The van der Waals surface area contributed by atoms with Gasteiger partial charge in [0.2, 0.25) is 0 Å². The second-order valence-electron chi connectivity index (χ2n) is 5.93. The maximum atomic E-state index is 9.32. The summed E-state index contributed by atoms with van der Waals surface area (Å²) in [7, 11) is 0. The third-order valence-corrected chi connectivity index (χ3v) is 7.43. The first-order valence-corrected chi connectivity index (χ1v) is 9.13. The topological polar surface area (TPSA) is 41.8 Å². The molecule has 2 atom stereocenters. The van der Waals surface area contributed by atoms with E-state index in [0.717, 1.165) is 5.56 Å². The van der Waals surface area contributed by atoms with E-state index in [-0.39, 0.29) is 31.3 Å². The van der Waals surface area contributed by atoms with Gasteiger partial charge in [-0.3, -0.25) is 0 Å². The van der Waals surface area contributed by atoms with Crippen LogP contribution in [0.1, 0.15) is 25.5 Å². The molecule has 114 valence electrons. The molecule has 1 saturated heterocycles. The first-order valence-electron chi connectivity index (χ1n) is 7.29. The fourth-order valence-electron chi connectivity index (χ4n) is 2.73. The average molecular weight is 360 g/mol. The van der Waals surface area contributed by atoms with Gasteiger partial charge in [0.05, 0.1) is 0 Å². The fourth-order valence-corrected chi connectivity index (χ4v) is 5.54. The van der Waals surface area contributed by atoms with Crippen molar-refractivity contribution in [2.45, 2.75) is 24.8 Å². The van der Waals surface area contributed by atoms with Crippen molar-refractivity contribution in [2.24, 2.45) is 10.6 Å². The van der Waals surface area contributed by atoms with Crippen LogP contribution in [0.15, 0.2) is 65.8 Å². The molecule has 1 heterocycles. The summed E-state index contributed by atoms with van der Waals surface area (Å²) >= 11 is 0.220. The van der Waals surface area contributed by atoms with E-state index < -0.39 is 0 Å². The van der Waals surface area contributed by atoms with Crippen LogP contribution in [0, 0.1) is 5.41 Å². The van der Waals surface area contributed by atoms with E-state index in [1.165, 1.54) is 4.46 Å². The standard InChI is InChI=1S/C18H19NO2Se/c1-18(2)16(22-14-11-7-4-8-12-14)15(21-17(18)19-20)13-9-5-3-6-10-13/h3-12,15-16,20H,1-2H3/b19-17-. The van der Waals surface area contributed by atoms with Crippen molar-refractivity contribution in [3.63, 3.8) is 0 Å². The van der Waals surface area contributed by atoms with Gasteiger partial charge in [0, 0.05) is 0 Å². The summed E-state index contributed by atoms with van der Waals surface area (Å²) in [6.45, 7) is 4.20. The van der Waals surface area contributed by atoms with E-state index in [0.29, 0.717) is 5.90 Å². The first-order chi connectivity index (χ1) is 10.6. The molecule has 3 rings (SSSR count). The van der Waals surface area contributed by atoms with Gasteiger partial charge in [0.25, 0.3) is 0 Å². The molecule has 0 aromatic heterocycles. The molecule has 0 amide bonds. The second-order valence-corrected chi connectivity index (χ2v) is 8.48. The van der Waals surface area contributed by atoms with E-state index in [1.54, 1.807) is 0 Å². The van der Waals surface area contributed by atoms with E-state index >= 15 is 0 Å². The Bertz CT molecular complexity index is 655. The molecule has 0 aliphatic carbocycles. The van der Waals surface area contributed by atoms with Crippen LogP contribution < -0.4 is 4.46 Å². The van der Waals surface area contributed by atoms with Crippen molar-refractivity contribution in [1.29, 1.82) is 0 Å². The summed E-state index contributed by atoms with van der Waals surface area (Å²) in [6, 6.07) is 20.7. The molecule has 0 saturated carbocycles. The molecule has 0 radical (unpaired) electrons. The zero-order chi connectivity index (χ0) is 15.6. The van der Waals surface area contributed by atoms with Gasteiger partial charge in [0.15, 0.2) is 0 Å². The molecule has 2 unspecified atom stereocenters. The Morgan fingerprint density at radius 3 is 2.18 bits per heavy atom. The molecule has 2 aromatic rings. The molecular weight excluding hydrogens is 341 g/mol. The van der Waals surface area contributed by atoms with Crippen molar-refractivity contribution in [1.82, 2.24) is 0 Å². The molecule has 1 aliphatic rings. The van der Waals surface area contributed by atoms with Gasteiger partial charge >= 0.3 is 137 Å². The number of rotatable bonds is 3. The molecule has 0 spiro atoms. The van der Waals surface area contributed by atoms with Crippen LogP contribution in [0.4, 0.5) is 0 Å². The van der Waals surface area contributed by atoms with Crippen LogP contribution in [0.3, 0.4) is 0 Å². The van der Waals surface area contributed by atoms with Gasteiger partial charge < -0.3 is 0 Å². The van der Waals surface area contributed by atoms with Crippen molar-refractivity contribution in [3.05, 3.63) is 66.2 Å². The molecule has 0 bridgehead atoms. The second kappa shape index (κ2) is 6.15. The number of benzene rings is 2. The molecule has 3 nitrogen and oxygen atoms in total. The molecule has 1 aliphatic heterocycles. The minimum atomic E-state index is -0.287. The summed E-state index contributed by atoms with van der Waals surface area (Å²) in [6.07, 6.45) is -0.0673. The van der Waals surface area contributed by atoms with E-state index in [1.807, 2.05) is 24.3 Å². The van der Waals surface area contributed by atoms with Gasteiger partial charge in [-0.2, -0.15) is 0 Å². The Morgan fingerprint density at radius 2 is 1.59 bits per heavy atom. The van der Waals surface area contributed by atoms with Gasteiger partial charge in [0.1, 0.15) is 0 Å². The van der Waals surface area contributed by atoms with Crippen LogP contribution >= 0.6 is 0 Å².